The summed E-state index contributed by atoms with van der Waals surface area (Å²) in [6.07, 6.45) is 0. The highest BCUT2D eigenvalue weighted by Gasteiger charge is 2.11. The van der Waals surface area contributed by atoms with E-state index in [1.165, 1.54) is 6.07 Å². The highest BCUT2D eigenvalue weighted by Crippen LogP contribution is 2.21. The Kier molecular flexibility index (Phi) is 6.65. The number of benzene rings is 1. The molecule has 0 heterocycles. The van der Waals surface area contributed by atoms with Crippen LogP contribution in [0, 0.1) is 5.82 Å². The van der Waals surface area contributed by atoms with Crippen LogP contribution in [0.2, 0.25) is 0 Å². The first-order chi connectivity index (χ1) is 8.19. The molecule has 0 unspecified atom stereocenters. The molecule has 0 aromatic heterocycles. The Morgan fingerprint density at radius 2 is 2.18 bits per heavy atom. The zero-order valence-electron chi connectivity index (χ0n) is 9.83. The number of aliphatic hydroxyl groups is 1. The highest BCUT2D eigenvalue weighted by molar-refractivity contribution is 9.10. The second-order valence-corrected chi connectivity index (χ2v) is 4.55. The lowest BCUT2D eigenvalue weighted by molar-refractivity contribution is 0.126. The van der Waals surface area contributed by atoms with Crippen molar-refractivity contribution in [3.05, 3.63) is 34.1 Å². The predicted molar refractivity (Wildman–Crippen MR) is 68.3 cm³/mol. The monoisotopic (exact) mass is 305 g/mol. The molecule has 0 radical (unpaired) electrons. The van der Waals surface area contributed by atoms with Crippen molar-refractivity contribution in [2.75, 3.05) is 33.4 Å². The average Bonchev–Trinajstić information content (AvgIpc) is 2.31. The van der Waals surface area contributed by atoms with E-state index in [1.54, 1.807) is 13.2 Å². The van der Waals surface area contributed by atoms with Crippen LogP contribution >= 0.6 is 15.9 Å². The van der Waals surface area contributed by atoms with Gasteiger partial charge in [-0.1, -0.05) is 22.0 Å². The second-order valence-electron chi connectivity index (χ2n) is 3.69. The molecule has 0 atom stereocenters. The number of halogens is 2. The van der Waals surface area contributed by atoms with Gasteiger partial charge in [0.2, 0.25) is 0 Å². The van der Waals surface area contributed by atoms with E-state index in [4.69, 9.17) is 9.84 Å². The summed E-state index contributed by atoms with van der Waals surface area (Å²) in [6, 6.07) is 4.91. The Morgan fingerprint density at radius 3 is 2.76 bits per heavy atom. The number of ether oxygens (including phenoxy) is 1. The Labute approximate surface area is 109 Å². The van der Waals surface area contributed by atoms with E-state index in [2.05, 4.69) is 15.9 Å². The number of hydrogen-bond donors (Lipinski definition) is 1. The van der Waals surface area contributed by atoms with Gasteiger partial charge in [-0.15, -0.1) is 0 Å². The highest BCUT2D eigenvalue weighted by atomic mass is 79.9. The number of nitrogens with zero attached hydrogens (tertiary/aromatic N) is 1. The standard InChI is InChI=1S/C12H17BrFNO2/c1-17-8-6-15(5-7-16)9-10-11(13)3-2-4-12(10)14/h2-4,16H,5-9H2,1H3. The van der Waals surface area contributed by atoms with Crippen LogP contribution in [-0.2, 0) is 11.3 Å². The zero-order chi connectivity index (χ0) is 12.7. The fourth-order valence-corrected chi connectivity index (χ4v) is 2.01. The first-order valence-electron chi connectivity index (χ1n) is 5.44. The minimum atomic E-state index is -0.236. The van der Waals surface area contributed by atoms with Gasteiger partial charge in [-0.2, -0.15) is 0 Å². The van der Waals surface area contributed by atoms with Gasteiger partial charge in [0.1, 0.15) is 5.82 Å². The van der Waals surface area contributed by atoms with Crippen LogP contribution < -0.4 is 0 Å². The van der Waals surface area contributed by atoms with Gasteiger partial charge >= 0.3 is 0 Å². The zero-order valence-corrected chi connectivity index (χ0v) is 11.4. The van der Waals surface area contributed by atoms with Gasteiger partial charge in [0.05, 0.1) is 13.2 Å². The van der Waals surface area contributed by atoms with Crippen molar-refractivity contribution in [3.8, 4) is 0 Å². The average molecular weight is 306 g/mol. The molecule has 0 saturated carbocycles. The minimum Gasteiger partial charge on any atom is -0.395 e. The molecule has 0 aliphatic carbocycles. The summed E-state index contributed by atoms with van der Waals surface area (Å²) in [6.45, 7) is 2.24. The molecule has 17 heavy (non-hydrogen) atoms. The maximum atomic E-state index is 13.6. The van der Waals surface area contributed by atoms with Crippen molar-refractivity contribution in [1.29, 1.82) is 0 Å². The Morgan fingerprint density at radius 1 is 1.41 bits per heavy atom. The SMILES string of the molecule is COCCN(CCO)Cc1c(F)cccc1Br. The fourth-order valence-electron chi connectivity index (χ4n) is 1.54. The van der Waals surface area contributed by atoms with E-state index in [9.17, 15) is 4.39 Å². The van der Waals surface area contributed by atoms with Crippen LogP contribution in [0.3, 0.4) is 0 Å². The van der Waals surface area contributed by atoms with Crippen LogP contribution in [0.1, 0.15) is 5.56 Å². The second kappa shape index (κ2) is 7.76. The smallest absolute Gasteiger partial charge is 0.128 e. The lowest BCUT2D eigenvalue weighted by atomic mass is 10.2. The molecular formula is C12H17BrFNO2. The third kappa shape index (κ3) is 4.71. The van der Waals surface area contributed by atoms with Crippen LogP contribution in [-0.4, -0.2) is 43.4 Å². The van der Waals surface area contributed by atoms with Crippen molar-refractivity contribution in [1.82, 2.24) is 4.90 Å². The van der Waals surface area contributed by atoms with Gasteiger partial charge < -0.3 is 9.84 Å². The summed E-state index contributed by atoms with van der Waals surface area (Å²) in [4.78, 5) is 1.95. The van der Waals surface area contributed by atoms with E-state index < -0.39 is 0 Å². The maximum absolute atomic E-state index is 13.6. The molecule has 1 rings (SSSR count). The number of hydrogen-bond acceptors (Lipinski definition) is 3. The van der Waals surface area contributed by atoms with E-state index in [0.717, 1.165) is 4.47 Å². The topological polar surface area (TPSA) is 32.7 Å². The molecule has 5 heteroatoms. The van der Waals surface area contributed by atoms with Crippen molar-refractivity contribution in [3.63, 3.8) is 0 Å². The quantitative estimate of drug-likeness (QED) is 0.837. The largest absolute Gasteiger partial charge is 0.395 e. The Bertz CT molecular complexity index is 329. The van der Waals surface area contributed by atoms with E-state index in [1.807, 2.05) is 11.0 Å². The van der Waals surface area contributed by atoms with Gasteiger partial charge in [-0.05, 0) is 12.1 Å². The Hall–Kier alpha value is -0.490. The predicted octanol–water partition coefficient (Wildman–Crippen LogP) is 2.03. The van der Waals surface area contributed by atoms with Gasteiger partial charge in [0, 0.05) is 36.8 Å². The van der Waals surface area contributed by atoms with Crippen molar-refractivity contribution >= 4 is 15.9 Å². The van der Waals surface area contributed by atoms with E-state index in [0.29, 0.717) is 31.8 Å². The molecule has 0 saturated heterocycles. The van der Waals surface area contributed by atoms with E-state index in [-0.39, 0.29) is 12.4 Å². The van der Waals surface area contributed by atoms with Crippen LogP contribution in [0.25, 0.3) is 0 Å². The number of rotatable bonds is 7. The molecule has 1 aromatic rings. The summed E-state index contributed by atoms with van der Waals surface area (Å²) in [5.41, 5.74) is 0.608. The molecule has 96 valence electrons. The molecule has 0 bridgehead atoms. The summed E-state index contributed by atoms with van der Waals surface area (Å²) >= 11 is 3.33. The maximum Gasteiger partial charge on any atom is 0.128 e. The van der Waals surface area contributed by atoms with Gasteiger partial charge in [-0.3, -0.25) is 4.90 Å². The lowest BCUT2D eigenvalue weighted by Gasteiger charge is -2.21. The summed E-state index contributed by atoms with van der Waals surface area (Å²) in [5.74, 6) is -0.236. The molecular weight excluding hydrogens is 289 g/mol. The minimum absolute atomic E-state index is 0.0514. The molecule has 3 nitrogen and oxygen atoms in total. The Balaban J connectivity index is 2.70. The summed E-state index contributed by atoms with van der Waals surface area (Å²) in [5, 5.41) is 8.96. The summed E-state index contributed by atoms with van der Waals surface area (Å²) < 4.78 is 19.4. The molecule has 0 aliphatic heterocycles. The van der Waals surface area contributed by atoms with Gasteiger partial charge in [-0.25, -0.2) is 4.39 Å². The molecule has 0 spiro atoms. The first kappa shape index (κ1) is 14.6. The fraction of sp³-hybridized carbons (Fsp3) is 0.500. The van der Waals surface area contributed by atoms with Crippen molar-refractivity contribution in [2.45, 2.75) is 6.54 Å². The third-order valence-corrected chi connectivity index (χ3v) is 3.21. The van der Waals surface area contributed by atoms with Crippen molar-refractivity contribution in [2.24, 2.45) is 0 Å². The lowest BCUT2D eigenvalue weighted by Crippen LogP contribution is -2.30. The number of aliphatic hydroxyl groups excluding tert-OH is 1. The third-order valence-electron chi connectivity index (χ3n) is 2.47. The molecule has 1 N–H and O–H groups in total. The van der Waals surface area contributed by atoms with Crippen molar-refractivity contribution < 1.29 is 14.2 Å². The van der Waals surface area contributed by atoms with Crippen LogP contribution in [0.15, 0.2) is 22.7 Å². The first-order valence-corrected chi connectivity index (χ1v) is 6.23. The van der Waals surface area contributed by atoms with Gasteiger partial charge in [0.25, 0.3) is 0 Å². The normalized spacial score (nSPS) is 11.1. The molecule has 0 aliphatic rings. The number of methoxy groups -OCH3 is 1. The molecule has 0 amide bonds. The molecule has 0 fully saturated rings. The molecule has 1 aromatic carbocycles. The van der Waals surface area contributed by atoms with E-state index >= 15 is 0 Å². The van der Waals surface area contributed by atoms with Crippen LogP contribution in [0.5, 0.6) is 0 Å². The van der Waals surface area contributed by atoms with Gasteiger partial charge in [0.15, 0.2) is 0 Å². The summed E-state index contributed by atoms with van der Waals surface area (Å²) in [7, 11) is 1.62. The van der Waals surface area contributed by atoms with Crippen LogP contribution in [0.4, 0.5) is 4.39 Å².